The highest BCUT2D eigenvalue weighted by atomic mass is 32.2. The van der Waals surface area contributed by atoms with Gasteiger partial charge in [-0.15, -0.1) is 21.5 Å². The van der Waals surface area contributed by atoms with Crippen molar-refractivity contribution in [1.82, 2.24) is 25.1 Å². The number of aryl methyl sites for hydroxylation is 2. The van der Waals surface area contributed by atoms with Gasteiger partial charge in [0.05, 0.1) is 17.7 Å². The van der Waals surface area contributed by atoms with Crippen LogP contribution in [-0.2, 0) is 29.9 Å². The summed E-state index contributed by atoms with van der Waals surface area (Å²) in [5.74, 6) is 2.34. The number of aromatic nitrogens is 4. The van der Waals surface area contributed by atoms with Crippen molar-refractivity contribution in [2.45, 2.75) is 56.0 Å². The lowest BCUT2D eigenvalue weighted by molar-refractivity contribution is -0.128. The van der Waals surface area contributed by atoms with Gasteiger partial charge in [0.15, 0.2) is 0 Å². The monoisotopic (exact) mass is 416 g/mol. The molecule has 0 bridgehead atoms. The number of likely N-dealkylation sites (tertiary alicyclic amines) is 1. The van der Waals surface area contributed by atoms with Gasteiger partial charge < -0.3 is 15.1 Å². The van der Waals surface area contributed by atoms with Crippen molar-refractivity contribution in [3.63, 3.8) is 0 Å². The van der Waals surface area contributed by atoms with E-state index in [4.69, 9.17) is 15.1 Å². The normalized spacial score (nSPS) is 16.9. The Labute approximate surface area is 169 Å². The molecule has 1 aliphatic heterocycles. The summed E-state index contributed by atoms with van der Waals surface area (Å²) in [7, 11) is 0. The fraction of sp³-hybridized carbons (Fsp3) is 0.500. The Morgan fingerprint density at radius 3 is 2.89 bits per heavy atom. The van der Waals surface area contributed by atoms with Crippen LogP contribution in [-0.4, -0.2) is 37.5 Å². The summed E-state index contributed by atoms with van der Waals surface area (Å²) in [5, 5.41) is 9.60. The van der Waals surface area contributed by atoms with Crippen molar-refractivity contribution >= 4 is 45.0 Å². The number of nitrogens with zero attached hydrogens (tertiary/aromatic N) is 5. The third-order valence-electron chi connectivity index (χ3n) is 5.16. The number of carbonyl (C=O) groups is 1. The molecule has 0 atom stereocenters. The lowest BCUT2D eigenvalue weighted by Gasteiger charge is -2.11. The molecule has 2 aliphatic rings. The van der Waals surface area contributed by atoms with Crippen molar-refractivity contribution in [3.05, 3.63) is 22.2 Å². The maximum Gasteiger partial charge on any atom is 0.277 e. The Kier molecular flexibility index (Phi) is 4.67. The second kappa shape index (κ2) is 7.32. The molecule has 2 N–H and O–H groups in total. The molecule has 3 aromatic heterocycles. The summed E-state index contributed by atoms with van der Waals surface area (Å²) in [6.07, 6.45) is 6.12. The van der Waals surface area contributed by atoms with E-state index in [-0.39, 0.29) is 5.91 Å². The molecule has 1 aliphatic carbocycles. The number of rotatable bonds is 5. The van der Waals surface area contributed by atoms with Crippen LogP contribution >= 0.6 is 23.1 Å². The zero-order valence-corrected chi connectivity index (χ0v) is 16.9. The summed E-state index contributed by atoms with van der Waals surface area (Å²) in [5.41, 5.74) is 7.61. The van der Waals surface area contributed by atoms with Crippen LogP contribution in [0.25, 0.3) is 10.2 Å². The quantitative estimate of drug-likeness (QED) is 0.632. The van der Waals surface area contributed by atoms with Gasteiger partial charge in [-0.25, -0.2) is 9.97 Å². The van der Waals surface area contributed by atoms with E-state index in [0.29, 0.717) is 41.5 Å². The van der Waals surface area contributed by atoms with E-state index in [9.17, 15) is 4.79 Å². The third kappa shape index (κ3) is 3.35. The summed E-state index contributed by atoms with van der Waals surface area (Å²) in [6, 6.07) is 0. The maximum absolute atomic E-state index is 11.7. The zero-order valence-electron chi connectivity index (χ0n) is 15.3. The van der Waals surface area contributed by atoms with Gasteiger partial charge in [-0.2, -0.15) is 0 Å². The Balaban J connectivity index is 1.29. The number of amides is 1. The molecule has 0 spiro atoms. The van der Waals surface area contributed by atoms with Gasteiger partial charge in [0, 0.05) is 17.8 Å². The molecule has 5 rings (SSSR count). The molecule has 0 unspecified atom stereocenters. The average Bonchev–Trinajstić information content (AvgIpc) is 3.39. The number of anilines is 1. The number of hydrogen-bond donors (Lipinski definition) is 1. The number of carbonyl (C=O) groups excluding carboxylic acids is 1. The van der Waals surface area contributed by atoms with Crippen LogP contribution in [0.4, 0.5) is 5.82 Å². The number of thioether (sulfide) groups is 1. The van der Waals surface area contributed by atoms with Crippen molar-refractivity contribution < 1.29 is 9.21 Å². The van der Waals surface area contributed by atoms with Crippen LogP contribution in [0.2, 0.25) is 0 Å². The first-order valence-corrected chi connectivity index (χ1v) is 11.3. The van der Waals surface area contributed by atoms with Crippen LogP contribution in [0.1, 0.15) is 47.8 Å². The molecular formula is C18H20N6O2S2. The summed E-state index contributed by atoms with van der Waals surface area (Å²) >= 11 is 3.13. The fourth-order valence-electron chi connectivity index (χ4n) is 3.82. The molecule has 0 saturated carbocycles. The molecule has 1 fully saturated rings. The molecule has 1 amide bonds. The van der Waals surface area contributed by atoms with Crippen LogP contribution in [0.3, 0.4) is 0 Å². The summed E-state index contributed by atoms with van der Waals surface area (Å²) in [4.78, 5) is 25.1. The predicted octanol–water partition coefficient (Wildman–Crippen LogP) is 2.95. The van der Waals surface area contributed by atoms with Gasteiger partial charge in [-0.1, -0.05) is 11.8 Å². The molecule has 0 aromatic carbocycles. The van der Waals surface area contributed by atoms with Gasteiger partial charge in [-0.3, -0.25) is 4.79 Å². The molecule has 8 nitrogen and oxygen atoms in total. The van der Waals surface area contributed by atoms with Gasteiger partial charge in [0.25, 0.3) is 5.22 Å². The van der Waals surface area contributed by atoms with Crippen LogP contribution in [0.5, 0.6) is 0 Å². The SMILES string of the molecule is Nc1nc(CSc2nnc(CN3CCCC3=O)o2)nc2sc3c(c12)CCCC3. The minimum atomic E-state index is 0.142. The van der Waals surface area contributed by atoms with Crippen LogP contribution < -0.4 is 5.73 Å². The minimum Gasteiger partial charge on any atom is -0.414 e. The Bertz CT molecular complexity index is 1050. The highest BCUT2D eigenvalue weighted by Crippen LogP contribution is 2.38. The van der Waals surface area contributed by atoms with E-state index >= 15 is 0 Å². The number of nitrogens with two attached hydrogens (primary N) is 1. The third-order valence-corrected chi connectivity index (χ3v) is 7.16. The molecule has 28 heavy (non-hydrogen) atoms. The number of nitrogen functional groups attached to an aromatic ring is 1. The highest BCUT2D eigenvalue weighted by molar-refractivity contribution is 7.98. The minimum absolute atomic E-state index is 0.142. The fourth-order valence-corrected chi connectivity index (χ4v) is 5.74. The first kappa shape index (κ1) is 17.9. The number of hydrogen-bond acceptors (Lipinski definition) is 9. The van der Waals surface area contributed by atoms with Gasteiger partial charge in [-0.05, 0) is 37.7 Å². The van der Waals surface area contributed by atoms with E-state index in [1.54, 1.807) is 16.2 Å². The van der Waals surface area contributed by atoms with Crippen LogP contribution in [0.15, 0.2) is 9.64 Å². The van der Waals surface area contributed by atoms with Crippen molar-refractivity contribution in [2.24, 2.45) is 0 Å². The first-order chi connectivity index (χ1) is 13.7. The van der Waals surface area contributed by atoms with Crippen molar-refractivity contribution in [3.8, 4) is 0 Å². The lowest BCUT2D eigenvalue weighted by Crippen LogP contribution is -2.23. The first-order valence-electron chi connectivity index (χ1n) is 9.47. The molecular weight excluding hydrogens is 396 g/mol. The second-order valence-corrected chi connectivity index (χ2v) is 9.10. The van der Waals surface area contributed by atoms with Crippen molar-refractivity contribution in [1.29, 1.82) is 0 Å². The topological polar surface area (TPSA) is 111 Å². The van der Waals surface area contributed by atoms with E-state index in [2.05, 4.69) is 15.2 Å². The predicted molar refractivity (Wildman–Crippen MR) is 107 cm³/mol. The molecule has 146 valence electrons. The van der Waals surface area contributed by atoms with E-state index in [1.807, 2.05) is 0 Å². The average molecular weight is 417 g/mol. The Hall–Kier alpha value is -2.20. The molecule has 3 aromatic rings. The number of fused-ring (bicyclic) bond motifs is 3. The van der Waals surface area contributed by atoms with E-state index in [0.717, 1.165) is 36.0 Å². The smallest absolute Gasteiger partial charge is 0.277 e. The summed E-state index contributed by atoms with van der Waals surface area (Å²) in [6.45, 7) is 1.13. The van der Waals surface area contributed by atoms with Gasteiger partial charge in [0.2, 0.25) is 11.8 Å². The Morgan fingerprint density at radius 2 is 2.04 bits per heavy atom. The van der Waals surface area contributed by atoms with E-state index in [1.165, 1.54) is 35.0 Å². The maximum atomic E-state index is 11.7. The summed E-state index contributed by atoms with van der Waals surface area (Å²) < 4.78 is 5.66. The zero-order chi connectivity index (χ0) is 19.1. The second-order valence-electron chi connectivity index (χ2n) is 7.09. The highest BCUT2D eigenvalue weighted by Gasteiger charge is 2.23. The van der Waals surface area contributed by atoms with E-state index < -0.39 is 0 Å². The molecule has 1 saturated heterocycles. The molecule has 0 radical (unpaired) electrons. The Morgan fingerprint density at radius 1 is 1.14 bits per heavy atom. The number of thiophene rings is 1. The molecule has 10 heteroatoms. The van der Waals surface area contributed by atoms with Gasteiger partial charge >= 0.3 is 0 Å². The van der Waals surface area contributed by atoms with Crippen LogP contribution in [0, 0.1) is 0 Å². The lowest BCUT2D eigenvalue weighted by atomic mass is 9.97. The van der Waals surface area contributed by atoms with Gasteiger partial charge in [0.1, 0.15) is 16.5 Å². The standard InChI is InChI=1S/C18H20N6O2S2/c19-16-15-10-4-1-2-5-11(10)28-17(15)21-12(20-16)9-27-18-23-22-13(26-18)8-24-7-3-6-14(24)25/h1-9H2,(H2,19,20,21). The van der Waals surface area contributed by atoms with Crippen molar-refractivity contribution in [2.75, 3.05) is 12.3 Å². The molecule has 4 heterocycles. The largest absolute Gasteiger partial charge is 0.414 e.